The van der Waals surface area contributed by atoms with Gasteiger partial charge in [-0.1, -0.05) is 24.3 Å². The number of nitrogens with zero attached hydrogens (tertiary/aromatic N) is 1. The fourth-order valence-corrected chi connectivity index (χ4v) is 2.47. The Labute approximate surface area is 183 Å². The van der Waals surface area contributed by atoms with Crippen molar-refractivity contribution in [1.29, 1.82) is 0 Å². The summed E-state index contributed by atoms with van der Waals surface area (Å²) in [5.74, 6) is 0.372. The molecule has 0 heterocycles. The number of carbonyl (C=O) groups is 1. The summed E-state index contributed by atoms with van der Waals surface area (Å²) in [6, 6.07) is 12.6. The molecular formula is C21H28FIN4O. The van der Waals surface area contributed by atoms with Crippen molar-refractivity contribution in [3.05, 3.63) is 70.5 Å². The van der Waals surface area contributed by atoms with Crippen LogP contribution in [0.4, 0.5) is 4.39 Å². The molecule has 0 fully saturated rings. The lowest BCUT2D eigenvalue weighted by Crippen LogP contribution is -2.36. The molecule has 5 nitrogen and oxygen atoms in total. The molecule has 0 radical (unpaired) electrons. The largest absolute Gasteiger partial charge is 0.357 e. The highest BCUT2D eigenvalue weighted by Crippen LogP contribution is 2.10. The van der Waals surface area contributed by atoms with Gasteiger partial charge < -0.3 is 16.0 Å². The van der Waals surface area contributed by atoms with E-state index in [0.29, 0.717) is 36.7 Å². The molecule has 7 heteroatoms. The lowest BCUT2D eigenvalue weighted by Gasteiger charge is -2.12. The van der Waals surface area contributed by atoms with Crippen LogP contribution in [0.3, 0.4) is 0 Å². The van der Waals surface area contributed by atoms with E-state index in [1.54, 1.807) is 25.1 Å². The van der Waals surface area contributed by atoms with Crippen molar-refractivity contribution >= 4 is 35.8 Å². The van der Waals surface area contributed by atoms with Gasteiger partial charge >= 0.3 is 0 Å². The van der Waals surface area contributed by atoms with E-state index in [2.05, 4.69) is 20.9 Å². The Bertz CT molecular complexity index is 793. The summed E-state index contributed by atoms with van der Waals surface area (Å²) in [5, 5.41) is 9.21. The van der Waals surface area contributed by atoms with Crippen LogP contribution in [0.1, 0.15) is 40.9 Å². The standard InChI is InChI=1S/C21H27FN4O.HI/c1-4-23-20(27)18-10-8-16(9-11-18)13-25-21(24-5-2)26-14-17-7-6-15(3)19(22)12-17;/h6-12H,4-5,13-14H2,1-3H3,(H,23,27)(H2,24,25,26);1H. The van der Waals surface area contributed by atoms with Crippen molar-refractivity contribution in [1.82, 2.24) is 16.0 Å². The molecule has 28 heavy (non-hydrogen) atoms. The smallest absolute Gasteiger partial charge is 0.251 e. The number of amides is 1. The highest BCUT2D eigenvalue weighted by Gasteiger charge is 2.04. The second kappa shape index (κ2) is 12.3. The number of aliphatic imine (C=N–C) groups is 1. The molecule has 152 valence electrons. The van der Waals surface area contributed by atoms with Gasteiger partial charge in [-0.15, -0.1) is 24.0 Å². The molecule has 0 aliphatic rings. The number of rotatable bonds is 7. The molecule has 1 amide bonds. The zero-order valence-electron chi connectivity index (χ0n) is 16.5. The van der Waals surface area contributed by atoms with Gasteiger partial charge in [-0.2, -0.15) is 0 Å². The lowest BCUT2D eigenvalue weighted by atomic mass is 10.1. The van der Waals surface area contributed by atoms with E-state index in [-0.39, 0.29) is 35.7 Å². The van der Waals surface area contributed by atoms with Gasteiger partial charge in [0.2, 0.25) is 0 Å². The second-order valence-electron chi connectivity index (χ2n) is 6.19. The molecule has 0 atom stereocenters. The number of hydrogen-bond acceptors (Lipinski definition) is 2. The maximum Gasteiger partial charge on any atom is 0.251 e. The predicted molar refractivity (Wildman–Crippen MR) is 123 cm³/mol. The van der Waals surface area contributed by atoms with Crippen LogP contribution >= 0.6 is 24.0 Å². The summed E-state index contributed by atoms with van der Waals surface area (Å²) in [6.07, 6.45) is 0. The van der Waals surface area contributed by atoms with Crippen molar-refractivity contribution in [2.75, 3.05) is 13.1 Å². The lowest BCUT2D eigenvalue weighted by molar-refractivity contribution is 0.0956. The normalized spacial score (nSPS) is 10.8. The average molecular weight is 498 g/mol. The van der Waals surface area contributed by atoms with Gasteiger partial charge in [0.05, 0.1) is 6.54 Å². The minimum atomic E-state index is -0.215. The fourth-order valence-electron chi connectivity index (χ4n) is 2.47. The van der Waals surface area contributed by atoms with Gasteiger partial charge in [0.15, 0.2) is 5.96 Å². The molecule has 2 rings (SSSR count). The van der Waals surface area contributed by atoms with Crippen LogP contribution in [0.25, 0.3) is 0 Å². The summed E-state index contributed by atoms with van der Waals surface area (Å²) in [5.41, 5.74) is 3.13. The summed E-state index contributed by atoms with van der Waals surface area (Å²) in [6.45, 7) is 7.92. The van der Waals surface area contributed by atoms with Crippen molar-refractivity contribution in [3.8, 4) is 0 Å². The highest BCUT2D eigenvalue weighted by molar-refractivity contribution is 14.0. The molecule has 3 N–H and O–H groups in total. The number of benzene rings is 2. The SMILES string of the molecule is CCNC(=O)c1ccc(CNC(=NCc2ccc(C)c(F)c2)NCC)cc1.I. The Morgan fingerprint density at radius 2 is 1.61 bits per heavy atom. The number of nitrogens with one attached hydrogen (secondary N) is 3. The Kier molecular flexibility index (Phi) is 10.5. The topological polar surface area (TPSA) is 65.5 Å². The minimum Gasteiger partial charge on any atom is -0.357 e. The number of aryl methyl sites for hydroxylation is 1. The van der Waals surface area contributed by atoms with E-state index in [4.69, 9.17) is 0 Å². The number of carbonyl (C=O) groups excluding carboxylic acids is 1. The molecule has 0 saturated heterocycles. The van der Waals surface area contributed by atoms with Crippen LogP contribution in [-0.4, -0.2) is 25.0 Å². The van der Waals surface area contributed by atoms with Crippen molar-refractivity contribution in [2.24, 2.45) is 4.99 Å². The minimum absolute atomic E-state index is 0. The van der Waals surface area contributed by atoms with E-state index in [0.717, 1.165) is 17.7 Å². The number of guanidine groups is 1. The first kappa shape index (κ1) is 23.9. The number of hydrogen-bond donors (Lipinski definition) is 3. The molecule has 0 aromatic heterocycles. The third-order valence-electron chi connectivity index (χ3n) is 4.01. The van der Waals surface area contributed by atoms with Crippen molar-refractivity contribution in [3.63, 3.8) is 0 Å². The predicted octanol–water partition coefficient (Wildman–Crippen LogP) is 3.76. The van der Waals surface area contributed by atoms with Gasteiger partial charge in [-0.25, -0.2) is 9.38 Å². The summed E-state index contributed by atoms with van der Waals surface area (Å²) >= 11 is 0. The summed E-state index contributed by atoms with van der Waals surface area (Å²) < 4.78 is 13.7. The molecule has 0 unspecified atom stereocenters. The van der Waals surface area contributed by atoms with Crippen molar-refractivity contribution in [2.45, 2.75) is 33.9 Å². The highest BCUT2D eigenvalue weighted by atomic mass is 127. The van der Waals surface area contributed by atoms with Crippen LogP contribution in [0.2, 0.25) is 0 Å². The Morgan fingerprint density at radius 1 is 0.964 bits per heavy atom. The van der Waals surface area contributed by atoms with Crippen LogP contribution in [0, 0.1) is 12.7 Å². The average Bonchev–Trinajstić information content (AvgIpc) is 2.67. The molecule has 0 spiro atoms. The van der Waals surface area contributed by atoms with Crippen LogP contribution < -0.4 is 16.0 Å². The molecule has 0 aliphatic heterocycles. The summed E-state index contributed by atoms with van der Waals surface area (Å²) in [7, 11) is 0. The second-order valence-corrected chi connectivity index (χ2v) is 6.19. The van der Waals surface area contributed by atoms with Crippen molar-refractivity contribution < 1.29 is 9.18 Å². The van der Waals surface area contributed by atoms with Gasteiger partial charge in [-0.05, 0) is 55.7 Å². The first-order valence-corrected chi connectivity index (χ1v) is 9.17. The third-order valence-corrected chi connectivity index (χ3v) is 4.01. The molecule has 2 aromatic carbocycles. The monoisotopic (exact) mass is 498 g/mol. The quantitative estimate of drug-likeness (QED) is 0.310. The van der Waals surface area contributed by atoms with E-state index in [1.807, 2.05) is 32.0 Å². The van der Waals surface area contributed by atoms with Crippen LogP contribution in [0.15, 0.2) is 47.5 Å². The van der Waals surface area contributed by atoms with E-state index < -0.39 is 0 Å². The third kappa shape index (κ3) is 7.46. The Hall–Kier alpha value is -2.16. The molecule has 0 bridgehead atoms. The molecule has 0 saturated carbocycles. The Morgan fingerprint density at radius 3 is 2.21 bits per heavy atom. The van der Waals surface area contributed by atoms with Gasteiger partial charge in [0.25, 0.3) is 5.91 Å². The van der Waals surface area contributed by atoms with Gasteiger partial charge in [0.1, 0.15) is 5.82 Å². The van der Waals surface area contributed by atoms with Gasteiger partial charge in [0, 0.05) is 25.2 Å². The molecule has 0 aliphatic carbocycles. The zero-order chi connectivity index (χ0) is 19.6. The van der Waals surface area contributed by atoms with Crippen LogP contribution in [-0.2, 0) is 13.1 Å². The van der Waals surface area contributed by atoms with Crippen LogP contribution in [0.5, 0.6) is 0 Å². The Balaban J connectivity index is 0.00000392. The van der Waals surface area contributed by atoms with E-state index >= 15 is 0 Å². The maximum atomic E-state index is 13.7. The fraction of sp³-hybridized carbons (Fsp3) is 0.333. The molecule has 2 aromatic rings. The zero-order valence-corrected chi connectivity index (χ0v) is 18.8. The maximum absolute atomic E-state index is 13.7. The van der Waals surface area contributed by atoms with E-state index in [1.165, 1.54) is 6.07 Å². The van der Waals surface area contributed by atoms with Gasteiger partial charge in [-0.3, -0.25) is 4.79 Å². The number of halogens is 2. The summed E-state index contributed by atoms with van der Waals surface area (Å²) in [4.78, 5) is 16.3. The molecular weight excluding hydrogens is 470 g/mol. The first-order chi connectivity index (χ1) is 13.0. The van der Waals surface area contributed by atoms with E-state index in [9.17, 15) is 9.18 Å². The first-order valence-electron chi connectivity index (χ1n) is 9.17.